The zero-order chi connectivity index (χ0) is 11.8. The van der Waals surface area contributed by atoms with Gasteiger partial charge in [-0.2, -0.15) is 10.2 Å². The Hall–Kier alpha value is -2.44. The van der Waals surface area contributed by atoms with Gasteiger partial charge < -0.3 is 4.74 Å². The summed E-state index contributed by atoms with van der Waals surface area (Å²) in [6, 6.07) is 0. The molecule has 3 aromatic heterocycles. The highest BCUT2D eigenvalue weighted by Gasteiger charge is 2.10. The summed E-state index contributed by atoms with van der Waals surface area (Å²) in [7, 11) is 3.65. The SMILES string of the molecule is Cn1cc(Oc2ncnc3c2cnn3C)cn1. The molecule has 17 heavy (non-hydrogen) atoms. The number of rotatable bonds is 2. The van der Waals surface area contributed by atoms with Gasteiger partial charge in [0.1, 0.15) is 11.7 Å². The maximum Gasteiger partial charge on any atom is 0.233 e. The van der Waals surface area contributed by atoms with Crippen molar-refractivity contribution in [3.05, 3.63) is 24.9 Å². The minimum Gasteiger partial charge on any atom is -0.435 e. The molecule has 3 rings (SSSR count). The smallest absolute Gasteiger partial charge is 0.233 e. The average molecular weight is 230 g/mol. The number of aryl methyl sites for hydroxylation is 2. The van der Waals surface area contributed by atoms with Gasteiger partial charge in [0.05, 0.1) is 18.6 Å². The molecule has 0 atom stereocenters. The monoisotopic (exact) mass is 230 g/mol. The van der Waals surface area contributed by atoms with E-state index in [1.54, 1.807) is 28.0 Å². The van der Waals surface area contributed by atoms with Crippen LogP contribution in [0, 0.1) is 0 Å². The standard InChI is InChI=1S/C10H10N6O/c1-15-5-7(3-13-15)17-10-8-4-14-16(2)9(8)11-6-12-10/h3-6H,1-2H3. The molecular weight excluding hydrogens is 220 g/mol. The lowest BCUT2D eigenvalue weighted by atomic mass is 10.4. The van der Waals surface area contributed by atoms with E-state index in [0.717, 1.165) is 11.0 Å². The van der Waals surface area contributed by atoms with Gasteiger partial charge in [0.2, 0.25) is 5.88 Å². The molecule has 0 fully saturated rings. The summed E-state index contributed by atoms with van der Waals surface area (Å²) in [4.78, 5) is 8.24. The van der Waals surface area contributed by atoms with E-state index in [9.17, 15) is 0 Å². The van der Waals surface area contributed by atoms with E-state index < -0.39 is 0 Å². The molecule has 0 saturated carbocycles. The van der Waals surface area contributed by atoms with Crippen molar-refractivity contribution in [1.29, 1.82) is 0 Å². The van der Waals surface area contributed by atoms with Crippen molar-refractivity contribution in [1.82, 2.24) is 29.5 Å². The van der Waals surface area contributed by atoms with Crippen LogP contribution in [-0.2, 0) is 14.1 Å². The van der Waals surface area contributed by atoms with E-state index in [2.05, 4.69) is 20.2 Å². The Bertz CT molecular complexity index is 670. The van der Waals surface area contributed by atoms with E-state index in [1.165, 1.54) is 6.33 Å². The zero-order valence-electron chi connectivity index (χ0n) is 9.40. The lowest BCUT2D eigenvalue weighted by Gasteiger charge is -2.01. The Kier molecular flexibility index (Phi) is 2.04. The van der Waals surface area contributed by atoms with Crippen LogP contribution in [0.3, 0.4) is 0 Å². The van der Waals surface area contributed by atoms with Crippen molar-refractivity contribution in [2.45, 2.75) is 0 Å². The molecule has 7 heteroatoms. The molecule has 86 valence electrons. The Morgan fingerprint density at radius 2 is 2.00 bits per heavy atom. The fraction of sp³-hybridized carbons (Fsp3) is 0.200. The predicted octanol–water partition coefficient (Wildman–Crippen LogP) is 0.889. The van der Waals surface area contributed by atoms with E-state index in [1.807, 2.05) is 14.1 Å². The Morgan fingerprint density at radius 1 is 1.12 bits per heavy atom. The van der Waals surface area contributed by atoms with E-state index in [4.69, 9.17) is 4.74 Å². The van der Waals surface area contributed by atoms with Gasteiger partial charge in [-0.3, -0.25) is 9.36 Å². The van der Waals surface area contributed by atoms with Crippen molar-refractivity contribution in [2.75, 3.05) is 0 Å². The van der Waals surface area contributed by atoms with Crippen molar-refractivity contribution in [2.24, 2.45) is 14.1 Å². The molecule has 0 aliphatic carbocycles. The maximum absolute atomic E-state index is 5.64. The van der Waals surface area contributed by atoms with Crippen LogP contribution in [-0.4, -0.2) is 29.5 Å². The van der Waals surface area contributed by atoms with E-state index in [-0.39, 0.29) is 0 Å². The summed E-state index contributed by atoms with van der Waals surface area (Å²) >= 11 is 0. The third-order valence-electron chi connectivity index (χ3n) is 2.39. The molecule has 7 nitrogen and oxygen atoms in total. The number of hydrogen-bond acceptors (Lipinski definition) is 5. The van der Waals surface area contributed by atoms with E-state index >= 15 is 0 Å². The van der Waals surface area contributed by atoms with Crippen molar-refractivity contribution in [3.8, 4) is 11.6 Å². The largest absolute Gasteiger partial charge is 0.435 e. The quantitative estimate of drug-likeness (QED) is 0.653. The minimum atomic E-state index is 0.483. The van der Waals surface area contributed by atoms with Crippen LogP contribution in [0.4, 0.5) is 0 Å². The molecule has 0 unspecified atom stereocenters. The molecule has 0 N–H and O–H groups in total. The van der Waals surface area contributed by atoms with Gasteiger partial charge in [-0.1, -0.05) is 0 Å². The molecule has 3 heterocycles. The van der Waals surface area contributed by atoms with Crippen LogP contribution in [0.25, 0.3) is 11.0 Å². The minimum absolute atomic E-state index is 0.483. The molecule has 0 bridgehead atoms. The van der Waals surface area contributed by atoms with Crippen LogP contribution in [0.2, 0.25) is 0 Å². The van der Waals surface area contributed by atoms with Crippen LogP contribution in [0.5, 0.6) is 11.6 Å². The van der Waals surface area contributed by atoms with Crippen molar-refractivity contribution in [3.63, 3.8) is 0 Å². The molecule has 0 spiro atoms. The van der Waals surface area contributed by atoms with Crippen LogP contribution in [0.15, 0.2) is 24.9 Å². The third-order valence-corrected chi connectivity index (χ3v) is 2.39. The molecular formula is C10H10N6O. The highest BCUT2D eigenvalue weighted by atomic mass is 16.5. The van der Waals surface area contributed by atoms with Gasteiger partial charge in [-0.15, -0.1) is 0 Å². The molecule has 0 aliphatic heterocycles. The lowest BCUT2D eigenvalue weighted by Crippen LogP contribution is -1.93. The number of nitrogens with zero attached hydrogens (tertiary/aromatic N) is 6. The fourth-order valence-corrected chi connectivity index (χ4v) is 1.59. The molecule has 3 aromatic rings. The second-order valence-electron chi connectivity index (χ2n) is 3.64. The third kappa shape index (κ3) is 1.61. The van der Waals surface area contributed by atoms with Gasteiger partial charge in [-0.25, -0.2) is 9.97 Å². The number of aromatic nitrogens is 6. The summed E-state index contributed by atoms with van der Waals surface area (Å²) in [6.07, 6.45) is 6.53. The highest BCUT2D eigenvalue weighted by Crippen LogP contribution is 2.25. The lowest BCUT2D eigenvalue weighted by molar-refractivity contribution is 0.467. The van der Waals surface area contributed by atoms with Gasteiger partial charge >= 0.3 is 0 Å². The summed E-state index contributed by atoms with van der Waals surface area (Å²) in [5, 5.41) is 8.92. The summed E-state index contributed by atoms with van der Waals surface area (Å²) in [5.41, 5.74) is 0.735. The first-order valence-corrected chi connectivity index (χ1v) is 5.03. The van der Waals surface area contributed by atoms with Crippen molar-refractivity contribution >= 4 is 11.0 Å². The topological polar surface area (TPSA) is 70.7 Å². The second kappa shape index (κ2) is 3.55. The van der Waals surface area contributed by atoms with E-state index in [0.29, 0.717) is 11.6 Å². The van der Waals surface area contributed by atoms with Gasteiger partial charge in [0.25, 0.3) is 0 Å². The summed E-state index contributed by atoms with van der Waals surface area (Å²) < 4.78 is 8.98. The number of hydrogen-bond donors (Lipinski definition) is 0. The Balaban J connectivity index is 2.05. The van der Waals surface area contributed by atoms with Gasteiger partial charge in [-0.05, 0) is 0 Å². The van der Waals surface area contributed by atoms with Gasteiger partial charge in [0, 0.05) is 14.1 Å². The number of ether oxygens (including phenoxy) is 1. The van der Waals surface area contributed by atoms with Gasteiger partial charge in [0.15, 0.2) is 11.4 Å². The summed E-state index contributed by atoms with van der Waals surface area (Å²) in [5.74, 6) is 1.12. The maximum atomic E-state index is 5.64. The average Bonchev–Trinajstić information content (AvgIpc) is 2.88. The molecule has 0 amide bonds. The van der Waals surface area contributed by atoms with Crippen LogP contribution >= 0.6 is 0 Å². The first-order chi connectivity index (χ1) is 8.24. The first kappa shape index (κ1) is 9.76. The first-order valence-electron chi connectivity index (χ1n) is 5.03. The normalized spacial score (nSPS) is 10.9. The van der Waals surface area contributed by atoms with Crippen molar-refractivity contribution < 1.29 is 4.74 Å². The molecule has 0 saturated heterocycles. The summed E-state index contributed by atoms with van der Waals surface area (Å²) in [6.45, 7) is 0. The van der Waals surface area contributed by atoms with Crippen LogP contribution < -0.4 is 4.74 Å². The Morgan fingerprint density at radius 3 is 2.76 bits per heavy atom. The zero-order valence-corrected chi connectivity index (χ0v) is 9.40. The molecule has 0 aliphatic rings. The highest BCUT2D eigenvalue weighted by molar-refractivity contribution is 5.79. The molecule has 0 radical (unpaired) electrons. The van der Waals surface area contributed by atoms with Crippen LogP contribution in [0.1, 0.15) is 0 Å². The number of fused-ring (bicyclic) bond motifs is 1. The predicted molar refractivity (Wildman–Crippen MR) is 59.6 cm³/mol. The second-order valence-corrected chi connectivity index (χ2v) is 3.64. The fourth-order valence-electron chi connectivity index (χ4n) is 1.59. The Labute approximate surface area is 96.7 Å². The molecule has 0 aromatic carbocycles.